The van der Waals surface area contributed by atoms with E-state index in [2.05, 4.69) is 22.8 Å². The zero-order valence-electron chi connectivity index (χ0n) is 17.3. The summed E-state index contributed by atoms with van der Waals surface area (Å²) in [5.74, 6) is -0.0367. The standard InChI is InChI=1S/C25H29N3O2/c29-24(26-15-13-19-7-2-1-3-8-19)18-27-22-11-6-10-21(17-22)25(30)28-16-14-20-9-4-5-12-23(20)28/h4-7,9-12,17,27H,1-3,8,13-16,18H2,(H,26,29). The molecule has 156 valence electrons. The fourth-order valence-electron chi connectivity index (χ4n) is 4.21. The fraction of sp³-hybridized carbons (Fsp3) is 0.360. The number of benzene rings is 2. The molecule has 2 aromatic carbocycles. The number of amides is 2. The molecule has 1 aliphatic heterocycles. The lowest BCUT2D eigenvalue weighted by atomic mass is 9.97. The van der Waals surface area contributed by atoms with Gasteiger partial charge in [-0.25, -0.2) is 0 Å². The number of rotatable bonds is 7. The molecule has 2 aliphatic rings. The summed E-state index contributed by atoms with van der Waals surface area (Å²) in [6, 6.07) is 15.4. The van der Waals surface area contributed by atoms with Crippen LogP contribution in [0.5, 0.6) is 0 Å². The molecule has 0 fully saturated rings. The highest BCUT2D eigenvalue weighted by Gasteiger charge is 2.25. The zero-order chi connectivity index (χ0) is 20.8. The second kappa shape index (κ2) is 9.61. The van der Waals surface area contributed by atoms with E-state index in [1.54, 1.807) is 0 Å². The number of carbonyl (C=O) groups excluding carboxylic acids is 2. The van der Waals surface area contributed by atoms with Crippen LogP contribution in [0, 0.1) is 0 Å². The molecular weight excluding hydrogens is 374 g/mol. The summed E-state index contributed by atoms with van der Waals surface area (Å²) < 4.78 is 0. The number of nitrogens with zero attached hydrogens (tertiary/aromatic N) is 1. The second-order valence-corrected chi connectivity index (χ2v) is 7.98. The summed E-state index contributed by atoms with van der Waals surface area (Å²) in [5.41, 5.74) is 5.07. The number of carbonyl (C=O) groups is 2. The van der Waals surface area contributed by atoms with E-state index in [4.69, 9.17) is 0 Å². The molecule has 2 aromatic rings. The van der Waals surface area contributed by atoms with Gasteiger partial charge in [-0.1, -0.05) is 35.9 Å². The van der Waals surface area contributed by atoms with E-state index in [0.29, 0.717) is 18.7 Å². The van der Waals surface area contributed by atoms with Gasteiger partial charge < -0.3 is 15.5 Å². The Kier molecular flexibility index (Phi) is 6.47. The van der Waals surface area contributed by atoms with Crippen molar-refractivity contribution >= 4 is 23.2 Å². The first-order valence-corrected chi connectivity index (χ1v) is 10.9. The molecule has 2 amide bonds. The molecule has 2 N–H and O–H groups in total. The lowest BCUT2D eigenvalue weighted by molar-refractivity contribution is -0.119. The molecule has 5 nitrogen and oxygen atoms in total. The molecule has 1 heterocycles. The van der Waals surface area contributed by atoms with Gasteiger partial charge in [0.2, 0.25) is 5.91 Å². The van der Waals surface area contributed by atoms with Crippen molar-refractivity contribution in [1.29, 1.82) is 0 Å². The van der Waals surface area contributed by atoms with Crippen LogP contribution < -0.4 is 15.5 Å². The Balaban J connectivity index is 1.29. The van der Waals surface area contributed by atoms with Gasteiger partial charge in [-0.15, -0.1) is 0 Å². The van der Waals surface area contributed by atoms with Crippen LogP contribution in [0.3, 0.4) is 0 Å². The van der Waals surface area contributed by atoms with Gasteiger partial charge >= 0.3 is 0 Å². The molecular formula is C25H29N3O2. The smallest absolute Gasteiger partial charge is 0.258 e. The average Bonchev–Trinajstić information content (AvgIpc) is 3.22. The van der Waals surface area contributed by atoms with Crippen LogP contribution in [0.4, 0.5) is 11.4 Å². The van der Waals surface area contributed by atoms with Gasteiger partial charge in [-0.3, -0.25) is 9.59 Å². The topological polar surface area (TPSA) is 61.4 Å². The number of para-hydroxylation sites is 1. The molecule has 0 unspecified atom stereocenters. The van der Waals surface area contributed by atoms with Crippen LogP contribution in [-0.2, 0) is 11.2 Å². The van der Waals surface area contributed by atoms with Gasteiger partial charge in [-0.05, 0) is 68.4 Å². The fourth-order valence-corrected chi connectivity index (χ4v) is 4.21. The highest BCUT2D eigenvalue weighted by Crippen LogP contribution is 2.29. The molecule has 0 spiro atoms. The Morgan fingerprint density at radius 3 is 2.77 bits per heavy atom. The predicted molar refractivity (Wildman–Crippen MR) is 121 cm³/mol. The van der Waals surface area contributed by atoms with Crippen LogP contribution in [0.1, 0.15) is 48.0 Å². The first kappa shape index (κ1) is 20.2. The zero-order valence-corrected chi connectivity index (χ0v) is 17.3. The monoisotopic (exact) mass is 403 g/mol. The third-order valence-corrected chi connectivity index (χ3v) is 5.85. The first-order chi connectivity index (χ1) is 14.7. The van der Waals surface area contributed by atoms with Gasteiger partial charge in [0, 0.05) is 30.0 Å². The second-order valence-electron chi connectivity index (χ2n) is 7.98. The molecule has 0 saturated carbocycles. The molecule has 0 bridgehead atoms. The molecule has 30 heavy (non-hydrogen) atoms. The largest absolute Gasteiger partial charge is 0.376 e. The summed E-state index contributed by atoms with van der Waals surface area (Å²) in [7, 11) is 0. The van der Waals surface area contributed by atoms with E-state index >= 15 is 0 Å². The predicted octanol–water partition coefficient (Wildman–Crippen LogP) is 4.31. The summed E-state index contributed by atoms with van der Waals surface area (Å²) in [6.45, 7) is 1.58. The first-order valence-electron chi connectivity index (χ1n) is 10.9. The summed E-state index contributed by atoms with van der Waals surface area (Å²) >= 11 is 0. The van der Waals surface area contributed by atoms with Crippen molar-refractivity contribution in [3.63, 3.8) is 0 Å². The van der Waals surface area contributed by atoms with Crippen molar-refractivity contribution in [3.05, 3.63) is 71.3 Å². The van der Waals surface area contributed by atoms with E-state index in [9.17, 15) is 9.59 Å². The van der Waals surface area contributed by atoms with Crippen LogP contribution in [0.25, 0.3) is 0 Å². The van der Waals surface area contributed by atoms with Crippen LogP contribution in [0.2, 0.25) is 0 Å². The lowest BCUT2D eigenvalue weighted by Crippen LogP contribution is -2.31. The molecule has 0 aromatic heterocycles. The molecule has 0 atom stereocenters. The van der Waals surface area contributed by atoms with Crippen molar-refractivity contribution in [1.82, 2.24) is 5.32 Å². The number of fused-ring (bicyclic) bond motifs is 1. The Bertz CT molecular complexity index is 951. The minimum Gasteiger partial charge on any atom is -0.376 e. The third kappa shape index (κ3) is 4.90. The van der Waals surface area contributed by atoms with Gasteiger partial charge in [0.05, 0.1) is 6.54 Å². The average molecular weight is 404 g/mol. The Hall–Kier alpha value is -3.08. The minimum atomic E-state index is -0.0309. The summed E-state index contributed by atoms with van der Waals surface area (Å²) in [4.78, 5) is 27.0. The van der Waals surface area contributed by atoms with E-state index in [-0.39, 0.29) is 18.4 Å². The van der Waals surface area contributed by atoms with E-state index in [1.165, 1.54) is 30.4 Å². The number of allylic oxidation sites excluding steroid dienone is 1. The quantitative estimate of drug-likeness (QED) is 0.678. The Morgan fingerprint density at radius 2 is 1.90 bits per heavy atom. The maximum atomic E-state index is 13.0. The molecule has 0 radical (unpaired) electrons. The van der Waals surface area contributed by atoms with Gasteiger partial charge in [0.15, 0.2) is 0 Å². The van der Waals surface area contributed by atoms with Gasteiger partial charge in [0.1, 0.15) is 0 Å². The number of nitrogens with one attached hydrogen (secondary N) is 2. The van der Waals surface area contributed by atoms with Crippen LogP contribution in [0.15, 0.2) is 60.2 Å². The molecule has 1 aliphatic carbocycles. The van der Waals surface area contributed by atoms with Gasteiger partial charge in [0.25, 0.3) is 5.91 Å². The SMILES string of the molecule is O=C(CNc1cccc(C(=O)N2CCc3ccccc32)c1)NCCC1=CCCCC1. The number of hydrogen-bond acceptors (Lipinski definition) is 3. The van der Waals surface area contributed by atoms with E-state index in [0.717, 1.165) is 30.6 Å². The van der Waals surface area contributed by atoms with Crippen molar-refractivity contribution in [3.8, 4) is 0 Å². The van der Waals surface area contributed by atoms with Crippen molar-refractivity contribution < 1.29 is 9.59 Å². The minimum absolute atomic E-state index is 0.00573. The lowest BCUT2D eigenvalue weighted by Gasteiger charge is -2.18. The number of anilines is 2. The number of hydrogen-bond donors (Lipinski definition) is 2. The maximum Gasteiger partial charge on any atom is 0.258 e. The van der Waals surface area contributed by atoms with E-state index < -0.39 is 0 Å². The third-order valence-electron chi connectivity index (χ3n) is 5.85. The highest BCUT2D eigenvalue weighted by atomic mass is 16.2. The van der Waals surface area contributed by atoms with Crippen LogP contribution >= 0.6 is 0 Å². The Labute approximate surface area is 178 Å². The molecule has 4 rings (SSSR count). The molecule has 0 saturated heterocycles. The van der Waals surface area contributed by atoms with E-state index in [1.807, 2.05) is 47.4 Å². The Morgan fingerprint density at radius 1 is 1.00 bits per heavy atom. The van der Waals surface area contributed by atoms with Gasteiger partial charge in [-0.2, -0.15) is 0 Å². The summed E-state index contributed by atoms with van der Waals surface area (Å²) in [6.07, 6.45) is 9.02. The molecule has 5 heteroatoms. The van der Waals surface area contributed by atoms with Crippen molar-refractivity contribution in [2.24, 2.45) is 0 Å². The van der Waals surface area contributed by atoms with Crippen molar-refractivity contribution in [2.75, 3.05) is 29.9 Å². The summed E-state index contributed by atoms with van der Waals surface area (Å²) in [5, 5.41) is 6.12. The maximum absolute atomic E-state index is 13.0. The van der Waals surface area contributed by atoms with Crippen molar-refractivity contribution in [2.45, 2.75) is 38.5 Å². The highest BCUT2D eigenvalue weighted by molar-refractivity contribution is 6.07. The van der Waals surface area contributed by atoms with Crippen LogP contribution in [-0.4, -0.2) is 31.4 Å². The normalized spacial score (nSPS) is 15.3.